The molecule has 0 aliphatic rings. The second kappa shape index (κ2) is 7.56. The molecule has 3 N–H and O–H groups in total. The van der Waals surface area contributed by atoms with E-state index in [9.17, 15) is 0 Å². The molecule has 0 radical (unpaired) electrons. The maximum atomic E-state index is 5.62. The van der Waals surface area contributed by atoms with Gasteiger partial charge in [0.05, 0.1) is 0 Å². The van der Waals surface area contributed by atoms with Crippen LogP contribution >= 0.6 is 0 Å². The van der Waals surface area contributed by atoms with Gasteiger partial charge in [-0.2, -0.15) is 0 Å². The second-order valence-electron chi connectivity index (χ2n) is 4.05. The Kier molecular flexibility index (Phi) is 7.51. The summed E-state index contributed by atoms with van der Waals surface area (Å²) in [5.41, 5.74) is 5.62. The molecule has 0 aliphatic heterocycles. The molecule has 74 valence electrons. The fourth-order valence-electron chi connectivity index (χ4n) is 1.09. The molecule has 1 atom stereocenters. The van der Waals surface area contributed by atoms with Gasteiger partial charge in [-0.3, -0.25) is 0 Å². The second-order valence-corrected chi connectivity index (χ2v) is 4.05. The molecule has 0 bridgehead atoms. The van der Waals surface area contributed by atoms with Crippen LogP contribution in [0.2, 0.25) is 0 Å². The molecule has 2 nitrogen and oxygen atoms in total. The van der Waals surface area contributed by atoms with Crippen LogP contribution in [0, 0.1) is 5.92 Å². The minimum absolute atomic E-state index is 0.336. The molecule has 0 spiro atoms. The van der Waals surface area contributed by atoms with Crippen molar-refractivity contribution in [3.05, 3.63) is 0 Å². The van der Waals surface area contributed by atoms with Crippen molar-refractivity contribution in [1.29, 1.82) is 0 Å². The lowest BCUT2D eigenvalue weighted by Crippen LogP contribution is -2.24. The van der Waals surface area contributed by atoms with E-state index in [0.717, 1.165) is 25.4 Å². The Morgan fingerprint density at radius 2 is 1.75 bits per heavy atom. The van der Waals surface area contributed by atoms with Crippen molar-refractivity contribution in [3.63, 3.8) is 0 Å². The van der Waals surface area contributed by atoms with E-state index >= 15 is 0 Å². The Labute approximate surface area is 76.9 Å². The van der Waals surface area contributed by atoms with Crippen LogP contribution in [0.1, 0.15) is 40.0 Å². The Hall–Kier alpha value is -0.0800. The van der Waals surface area contributed by atoms with Gasteiger partial charge < -0.3 is 11.1 Å². The zero-order valence-corrected chi connectivity index (χ0v) is 8.77. The van der Waals surface area contributed by atoms with Gasteiger partial charge in [-0.25, -0.2) is 0 Å². The molecule has 0 aromatic carbocycles. The van der Waals surface area contributed by atoms with Crippen LogP contribution < -0.4 is 11.1 Å². The predicted molar refractivity (Wildman–Crippen MR) is 55.2 cm³/mol. The smallest absolute Gasteiger partial charge is 0.00225 e. The van der Waals surface area contributed by atoms with Crippen LogP contribution in [0.5, 0.6) is 0 Å². The van der Waals surface area contributed by atoms with Crippen molar-refractivity contribution in [2.75, 3.05) is 13.1 Å². The Bertz CT molecular complexity index is 77.8. The number of nitrogens with one attached hydrogen (secondary N) is 1. The third-order valence-electron chi connectivity index (χ3n) is 1.91. The third-order valence-corrected chi connectivity index (χ3v) is 1.91. The van der Waals surface area contributed by atoms with Crippen molar-refractivity contribution in [3.8, 4) is 0 Å². The summed E-state index contributed by atoms with van der Waals surface area (Å²) in [5.74, 6) is 0.834. The maximum Gasteiger partial charge on any atom is 0.00225 e. The van der Waals surface area contributed by atoms with E-state index < -0.39 is 0 Å². The van der Waals surface area contributed by atoms with Gasteiger partial charge in [0, 0.05) is 6.04 Å². The SMILES string of the molecule is CC(C)CCCNCCC(C)N. The van der Waals surface area contributed by atoms with Crippen LogP contribution in [0.15, 0.2) is 0 Å². The zero-order valence-electron chi connectivity index (χ0n) is 8.77. The third kappa shape index (κ3) is 9.92. The molecule has 0 heterocycles. The first-order valence-corrected chi connectivity index (χ1v) is 5.09. The molecule has 12 heavy (non-hydrogen) atoms. The lowest BCUT2D eigenvalue weighted by atomic mass is 10.1. The predicted octanol–water partition coefficient (Wildman–Crippen LogP) is 1.75. The number of rotatable bonds is 7. The van der Waals surface area contributed by atoms with E-state index in [2.05, 4.69) is 26.1 Å². The van der Waals surface area contributed by atoms with Gasteiger partial charge in [0.15, 0.2) is 0 Å². The van der Waals surface area contributed by atoms with Crippen molar-refractivity contribution >= 4 is 0 Å². The van der Waals surface area contributed by atoms with Crippen molar-refractivity contribution < 1.29 is 0 Å². The van der Waals surface area contributed by atoms with Crippen LogP contribution in [-0.2, 0) is 0 Å². The number of hydrogen-bond acceptors (Lipinski definition) is 2. The summed E-state index contributed by atoms with van der Waals surface area (Å²) in [6.45, 7) is 8.79. The first kappa shape index (κ1) is 11.9. The van der Waals surface area contributed by atoms with Gasteiger partial charge in [0.1, 0.15) is 0 Å². The lowest BCUT2D eigenvalue weighted by molar-refractivity contribution is 0.515. The average Bonchev–Trinajstić information content (AvgIpc) is 1.95. The zero-order chi connectivity index (χ0) is 9.40. The largest absolute Gasteiger partial charge is 0.328 e. The molecule has 0 saturated carbocycles. The standard InChI is InChI=1S/C10H24N2/c1-9(2)5-4-7-12-8-6-10(3)11/h9-10,12H,4-8,11H2,1-3H3. The molecular formula is C10H24N2. The quantitative estimate of drug-likeness (QED) is 0.574. The lowest BCUT2D eigenvalue weighted by Gasteiger charge is -2.07. The highest BCUT2D eigenvalue weighted by molar-refractivity contribution is 4.56. The molecular weight excluding hydrogens is 148 g/mol. The topological polar surface area (TPSA) is 38.0 Å². The monoisotopic (exact) mass is 172 g/mol. The van der Waals surface area contributed by atoms with E-state index in [-0.39, 0.29) is 0 Å². The van der Waals surface area contributed by atoms with Crippen molar-refractivity contribution in [2.45, 2.75) is 46.1 Å². The molecule has 0 aromatic heterocycles. The van der Waals surface area contributed by atoms with E-state index in [4.69, 9.17) is 5.73 Å². The van der Waals surface area contributed by atoms with Crippen molar-refractivity contribution in [2.24, 2.45) is 11.7 Å². The van der Waals surface area contributed by atoms with Crippen LogP contribution in [-0.4, -0.2) is 19.1 Å². The van der Waals surface area contributed by atoms with Gasteiger partial charge in [-0.15, -0.1) is 0 Å². The summed E-state index contributed by atoms with van der Waals surface area (Å²) >= 11 is 0. The van der Waals surface area contributed by atoms with Crippen LogP contribution in [0.3, 0.4) is 0 Å². The highest BCUT2D eigenvalue weighted by Crippen LogP contribution is 2.01. The van der Waals surface area contributed by atoms with Crippen LogP contribution in [0.25, 0.3) is 0 Å². The van der Waals surface area contributed by atoms with E-state index in [1.807, 2.05) is 0 Å². The Morgan fingerprint density at radius 1 is 1.08 bits per heavy atom. The Morgan fingerprint density at radius 3 is 2.25 bits per heavy atom. The summed E-state index contributed by atoms with van der Waals surface area (Å²) in [7, 11) is 0. The Balaban J connectivity index is 2.91. The summed E-state index contributed by atoms with van der Waals surface area (Å²) in [5, 5.41) is 3.39. The normalized spacial score (nSPS) is 13.8. The van der Waals surface area contributed by atoms with Crippen molar-refractivity contribution in [1.82, 2.24) is 5.32 Å². The molecule has 2 heteroatoms. The fraction of sp³-hybridized carbons (Fsp3) is 1.00. The highest BCUT2D eigenvalue weighted by Gasteiger charge is 1.94. The highest BCUT2D eigenvalue weighted by atomic mass is 14.8. The molecule has 0 aromatic rings. The van der Waals surface area contributed by atoms with Gasteiger partial charge >= 0.3 is 0 Å². The molecule has 1 unspecified atom stereocenters. The minimum Gasteiger partial charge on any atom is -0.328 e. The molecule has 0 saturated heterocycles. The van der Waals surface area contributed by atoms with E-state index in [1.165, 1.54) is 12.8 Å². The van der Waals surface area contributed by atoms with E-state index in [1.54, 1.807) is 0 Å². The average molecular weight is 172 g/mol. The maximum absolute atomic E-state index is 5.62. The number of hydrogen-bond donors (Lipinski definition) is 2. The summed E-state index contributed by atoms with van der Waals surface area (Å²) in [4.78, 5) is 0. The van der Waals surface area contributed by atoms with Gasteiger partial charge in [0.2, 0.25) is 0 Å². The minimum atomic E-state index is 0.336. The molecule has 0 aliphatic carbocycles. The summed E-state index contributed by atoms with van der Waals surface area (Å²) in [6.07, 6.45) is 3.70. The first-order valence-electron chi connectivity index (χ1n) is 5.09. The van der Waals surface area contributed by atoms with Gasteiger partial charge in [0.25, 0.3) is 0 Å². The van der Waals surface area contributed by atoms with Gasteiger partial charge in [-0.05, 0) is 45.2 Å². The molecule has 0 rings (SSSR count). The molecule has 0 amide bonds. The van der Waals surface area contributed by atoms with Gasteiger partial charge in [-0.1, -0.05) is 13.8 Å². The number of nitrogens with two attached hydrogens (primary N) is 1. The molecule has 0 fully saturated rings. The first-order chi connectivity index (χ1) is 5.63. The summed E-state index contributed by atoms with van der Waals surface area (Å²) in [6, 6.07) is 0.336. The van der Waals surface area contributed by atoms with E-state index in [0.29, 0.717) is 6.04 Å². The summed E-state index contributed by atoms with van der Waals surface area (Å²) < 4.78 is 0. The van der Waals surface area contributed by atoms with Crippen LogP contribution in [0.4, 0.5) is 0 Å². The fourth-order valence-corrected chi connectivity index (χ4v) is 1.09.